The van der Waals surface area contributed by atoms with Crippen LogP contribution in [-0.2, 0) is 0 Å². The number of hydrogen-bond acceptors (Lipinski definition) is 8. The molecule has 1 aliphatic heterocycles. The van der Waals surface area contributed by atoms with Crippen molar-refractivity contribution >= 4 is 28.7 Å². The molecule has 0 bridgehead atoms. The minimum Gasteiger partial charge on any atom is -0.353 e. The summed E-state index contributed by atoms with van der Waals surface area (Å²) < 4.78 is 1.76. The highest BCUT2D eigenvalue weighted by Crippen LogP contribution is 2.30. The highest BCUT2D eigenvalue weighted by atomic mass is 32.1. The smallest absolute Gasteiger partial charge is 0.251 e. The molecule has 1 amide bonds. The molecule has 1 saturated heterocycles. The van der Waals surface area contributed by atoms with Crippen LogP contribution in [0.5, 0.6) is 0 Å². The number of nitrogens with one attached hydrogen (secondary N) is 1. The third-order valence-corrected chi connectivity index (χ3v) is 8.30. The van der Waals surface area contributed by atoms with E-state index in [2.05, 4.69) is 66.0 Å². The average molecular weight is 533 g/mol. The molecule has 1 fully saturated rings. The maximum absolute atomic E-state index is 13.4. The van der Waals surface area contributed by atoms with E-state index in [0.717, 1.165) is 53.8 Å². The molecule has 9 nitrogen and oxygen atoms in total. The molecule has 0 radical (unpaired) electrons. The first-order chi connectivity index (χ1) is 18.4. The fourth-order valence-corrected chi connectivity index (χ4v) is 5.54. The highest BCUT2D eigenvalue weighted by molar-refractivity contribution is 7.13. The highest BCUT2D eigenvalue weighted by Gasteiger charge is 2.30. The molecule has 1 unspecified atom stereocenters. The summed E-state index contributed by atoms with van der Waals surface area (Å²) in [5.74, 6) is 0.707. The fourth-order valence-electron chi connectivity index (χ4n) is 4.85. The van der Waals surface area contributed by atoms with Crippen LogP contribution in [0.1, 0.15) is 31.1 Å². The van der Waals surface area contributed by atoms with Gasteiger partial charge in [-0.1, -0.05) is 19.9 Å². The van der Waals surface area contributed by atoms with E-state index in [9.17, 15) is 4.79 Å². The van der Waals surface area contributed by atoms with Gasteiger partial charge in [0, 0.05) is 43.5 Å². The Labute approximate surface area is 228 Å². The zero-order valence-electron chi connectivity index (χ0n) is 22.8. The number of anilines is 1. The molecule has 200 valence electrons. The largest absolute Gasteiger partial charge is 0.353 e. The molecular formula is C28H36N8OS. The van der Waals surface area contributed by atoms with Crippen molar-refractivity contribution in [2.45, 2.75) is 32.9 Å². The van der Waals surface area contributed by atoms with E-state index < -0.39 is 0 Å². The normalized spacial score (nSPS) is 14.9. The van der Waals surface area contributed by atoms with Crippen LogP contribution in [0.3, 0.4) is 0 Å². The summed E-state index contributed by atoms with van der Waals surface area (Å²) in [6.07, 6.45) is 3.71. The molecule has 1 N–H and O–H groups in total. The SMILES string of the molecule is CCN(CC)C(C)CNC(=O)c1cc(-c2cnn3ccc(-c4cccs4)nc23)nc(N2CC(N(C)C)C2)c1. The van der Waals surface area contributed by atoms with E-state index in [4.69, 9.17) is 9.97 Å². The standard InChI is InChI=1S/C28H36N8OS/c1-6-34(7-2)19(3)15-29-28(37)20-13-24(31-26(14-20)35-17-21(18-35)33(4)5)22-16-30-36-11-10-23(32-27(22)36)25-9-8-12-38-25/h8-14,16,19,21H,6-7,15,17-18H2,1-5H3,(H,29,37). The molecule has 38 heavy (non-hydrogen) atoms. The van der Waals surface area contributed by atoms with Gasteiger partial charge in [0.1, 0.15) is 5.82 Å². The number of nitrogens with zero attached hydrogens (tertiary/aromatic N) is 7. The number of amides is 1. The van der Waals surface area contributed by atoms with Gasteiger partial charge in [-0.15, -0.1) is 11.3 Å². The van der Waals surface area contributed by atoms with Crippen LogP contribution in [0.25, 0.3) is 27.5 Å². The van der Waals surface area contributed by atoms with Gasteiger partial charge in [-0.3, -0.25) is 9.69 Å². The Hall–Kier alpha value is -3.34. The average Bonchev–Trinajstić information content (AvgIpc) is 3.56. The minimum atomic E-state index is -0.0951. The first-order valence-corrected chi connectivity index (χ1v) is 14.1. The van der Waals surface area contributed by atoms with Crippen molar-refractivity contribution in [3.05, 3.63) is 53.7 Å². The fraction of sp³-hybridized carbons (Fsp3) is 0.429. The van der Waals surface area contributed by atoms with Crippen molar-refractivity contribution in [1.82, 2.24) is 34.7 Å². The van der Waals surface area contributed by atoms with Crippen molar-refractivity contribution in [3.8, 4) is 21.8 Å². The molecule has 0 aromatic carbocycles. The van der Waals surface area contributed by atoms with E-state index in [1.54, 1.807) is 22.0 Å². The van der Waals surface area contributed by atoms with Crippen molar-refractivity contribution in [1.29, 1.82) is 0 Å². The van der Waals surface area contributed by atoms with E-state index in [-0.39, 0.29) is 11.9 Å². The Balaban J connectivity index is 1.49. The predicted molar refractivity (Wildman–Crippen MR) is 154 cm³/mol. The monoisotopic (exact) mass is 532 g/mol. The van der Waals surface area contributed by atoms with Crippen molar-refractivity contribution in [2.75, 3.05) is 51.7 Å². The summed E-state index contributed by atoms with van der Waals surface area (Å²) in [7, 11) is 4.19. The zero-order valence-corrected chi connectivity index (χ0v) is 23.6. The second-order valence-corrected chi connectivity index (χ2v) is 11.0. The van der Waals surface area contributed by atoms with E-state index in [1.807, 2.05) is 35.8 Å². The van der Waals surface area contributed by atoms with Crippen LogP contribution in [0.2, 0.25) is 0 Å². The van der Waals surface area contributed by atoms with Gasteiger partial charge in [0.25, 0.3) is 5.91 Å². The van der Waals surface area contributed by atoms with Crippen LogP contribution >= 0.6 is 11.3 Å². The topological polar surface area (TPSA) is 81.9 Å². The maximum Gasteiger partial charge on any atom is 0.251 e. The van der Waals surface area contributed by atoms with Gasteiger partial charge in [-0.25, -0.2) is 14.5 Å². The Morgan fingerprint density at radius 1 is 1.16 bits per heavy atom. The van der Waals surface area contributed by atoms with Gasteiger partial charge in [0.15, 0.2) is 5.65 Å². The molecule has 4 aromatic heterocycles. The van der Waals surface area contributed by atoms with Gasteiger partial charge >= 0.3 is 0 Å². The lowest BCUT2D eigenvalue weighted by Gasteiger charge is -2.43. The zero-order chi connectivity index (χ0) is 26.8. The van der Waals surface area contributed by atoms with Crippen LogP contribution in [0, 0.1) is 0 Å². The summed E-state index contributed by atoms with van der Waals surface area (Å²) >= 11 is 1.65. The van der Waals surface area contributed by atoms with Gasteiger partial charge in [0.05, 0.1) is 28.0 Å². The number of thiophene rings is 1. The molecule has 0 saturated carbocycles. The van der Waals surface area contributed by atoms with Crippen LogP contribution in [0.15, 0.2) is 48.1 Å². The Morgan fingerprint density at radius 2 is 1.95 bits per heavy atom. The molecule has 0 spiro atoms. The van der Waals surface area contributed by atoms with E-state index in [0.29, 0.717) is 23.8 Å². The molecule has 0 aliphatic carbocycles. The number of carbonyl (C=O) groups is 1. The number of rotatable bonds is 10. The summed E-state index contributed by atoms with van der Waals surface area (Å²) in [6.45, 7) is 10.7. The number of hydrogen-bond donors (Lipinski definition) is 1. The van der Waals surface area contributed by atoms with Gasteiger partial charge in [-0.05, 0) is 63.8 Å². The summed E-state index contributed by atoms with van der Waals surface area (Å²) in [6, 6.07) is 10.5. The molecular weight excluding hydrogens is 496 g/mol. The van der Waals surface area contributed by atoms with E-state index in [1.165, 1.54) is 0 Å². The third-order valence-electron chi connectivity index (χ3n) is 7.40. The predicted octanol–water partition coefficient (Wildman–Crippen LogP) is 3.73. The second kappa shape index (κ2) is 11.2. The number of aromatic nitrogens is 4. The molecule has 1 atom stereocenters. The number of fused-ring (bicyclic) bond motifs is 1. The molecule has 10 heteroatoms. The quantitative estimate of drug-likeness (QED) is 0.333. The van der Waals surface area contributed by atoms with Gasteiger partial charge < -0.3 is 15.1 Å². The Bertz CT molecular complexity index is 1390. The Morgan fingerprint density at radius 3 is 2.63 bits per heavy atom. The van der Waals surface area contributed by atoms with E-state index >= 15 is 0 Å². The van der Waals surface area contributed by atoms with Crippen LogP contribution in [-0.4, -0.2) is 94.2 Å². The lowest BCUT2D eigenvalue weighted by molar-refractivity contribution is 0.0938. The van der Waals surface area contributed by atoms with Crippen molar-refractivity contribution in [3.63, 3.8) is 0 Å². The molecule has 5 rings (SSSR count). The maximum atomic E-state index is 13.4. The van der Waals surface area contributed by atoms with Crippen molar-refractivity contribution in [2.24, 2.45) is 0 Å². The third kappa shape index (κ3) is 5.29. The molecule has 4 aromatic rings. The second-order valence-electron chi connectivity index (χ2n) is 10.0. The van der Waals surface area contributed by atoms with Crippen molar-refractivity contribution < 1.29 is 4.79 Å². The Kier molecular flexibility index (Phi) is 7.73. The van der Waals surface area contributed by atoms with Crippen LogP contribution < -0.4 is 10.2 Å². The molecule has 5 heterocycles. The summed E-state index contributed by atoms with van der Waals surface area (Å²) in [4.78, 5) is 31.2. The lowest BCUT2D eigenvalue weighted by Crippen LogP contribution is -2.57. The first-order valence-electron chi connectivity index (χ1n) is 13.2. The minimum absolute atomic E-state index is 0.0951. The lowest BCUT2D eigenvalue weighted by atomic mass is 10.1. The summed E-state index contributed by atoms with van der Waals surface area (Å²) in [5, 5.41) is 9.71. The van der Waals surface area contributed by atoms with Gasteiger partial charge in [-0.2, -0.15) is 5.10 Å². The number of pyridine rings is 1. The molecule has 1 aliphatic rings. The van der Waals surface area contributed by atoms with Crippen LogP contribution in [0.4, 0.5) is 5.82 Å². The first kappa shape index (κ1) is 26.3. The summed E-state index contributed by atoms with van der Waals surface area (Å²) in [5.41, 5.74) is 3.71. The number of likely N-dealkylation sites (N-methyl/N-ethyl adjacent to an activating group) is 2. The van der Waals surface area contributed by atoms with Gasteiger partial charge in [0.2, 0.25) is 0 Å². The number of carbonyl (C=O) groups excluding carboxylic acids is 1.